The Hall–Kier alpha value is -0.950. The van der Waals surface area contributed by atoms with Crippen LogP contribution in [0.4, 0.5) is 0 Å². The highest BCUT2D eigenvalue weighted by Gasteiger charge is 2.10. The van der Waals surface area contributed by atoms with E-state index in [9.17, 15) is 0 Å². The van der Waals surface area contributed by atoms with Crippen LogP contribution < -0.4 is 0 Å². The van der Waals surface area contributed by atoms with Gasteiger partial charge in [0.05, 0.1) is 12.3 Å². The molecule has 0 saturated heterocycles. The number of nitrogens with zero attached hydrogens (tertiary/aromatic N) is 3. The van der Waals surface area contributed by atoms with Crippen LogP contribution >= 0.6 is 22.6 Å². The van der Waals surface area contributed by atoms with Gasteiger partial charge in [0, 0.05) is 0 Å². The van der Waals surface area contributed by atoms with Crippen molar-refractivity contribution in [2.75, 3.05) is 0 Å². The minimum absolute atomic E-state index is 0.0772. The van der Waals surface area contributed by atoms with Gasteiger partial charge in [-0.15, -0.1) is 5.10 Å². The van der Waals surface area contributed by atoms with Gasteiger partial charge < -0.3 is 5.11 Å². The lowest BCUT2D eigenvalue weighted by Crippen LogP contribution is -2.00. The summed E-state index contributed by atoms with van der Waals surface area (Å²) in [6.45, 7) is 4.47. The molecule has 0 atom stereocenters. The molecule has 1 heterocycles. The largest absolute Gasteiger partial charge is 0.390 e. The number of rotatable bonds is 7. The quantitative estimate of drug-likeness (QED) is 0.570. The average Bonchev–Trinajstić information content (AvgIpc) is 2.85. The van der Waals surface area contributed by atoms with Gasteiger partial charge in [-0.3, -0.25) is 0 Å². The molecule has 21 heavy (non-hydrogen) atoms. The van der Waals surface area contributed by atoms with Crippen molar-refractivity contribution in [3.05, 3.63) is 39.2 Å². The predicted molar refractivity (Wildman–Crippen MR) is 92.4 cm³/mol. The van der Waals surface area contributed by atoms with Crippen molar-refractivity contribution in [2.45, 2.75) is 46.1 Å². The molecule has 0 saturated carbocycles. The first kappa shape index (κ1) is 16.4. The number of halogens is 1. The third-order valence-electron chi connectivity index (χ3n) is 3.51. The van der Waals surface area contributed by atoms with Gasteiger partial charge in [-0.1, -0.05) is 44.0 Å². The molecular weight excluding hydrogens is 377 g/mol. The summed E-state index contributed by atoms with van der Waals surface area (Å²) in [5.74, 6) is 0.794. The number of hydrogen-bond donors (Lipinski definition) is 1. The van der Waals surface area contributed by atoms with Gasteiger partial charge in [-0.05, 0) is 59.0 Å². The van der Waals surface area contributed by atoms with Crippen molar-refractivity contribution >= 4 is 22.6 Å². The molecule has 1 N–H and O–H groups in total. The maximum absolute atomic E-state index is 9.16. The number of aliphatic hydroxyl groups is 1. The maximum Gasteiger partial charge on any atom is 0.131 e. The van der Waals surface area contributed by atoms with Gasteiger partial charge in [0.15, 0.2) is 0 Å². The lowest BCUT2D eigenvalue weighted by atomic mass is 10.0. The zero-order valence-electron chi connectivity index (χ0n) is 12.6. The molecule has 0 fully saturated rings. The Morgan fingerprint density at radius 2 is 1.90 bits per heavy atom. The molecule has 0 aliphatic carbocycles. The molecule has 0 amide bonds. The van der Waals surface area contributed by atoms with Crippen LogP contribution in [0.3, 0.4) is 0 Å². The molecule has 114 valence electrons. The molecule has 0 unspecified atom stereocenters. The van der Waals surface area contributed by atoms with Crippen LogP contribution in [0.15, 0.2) is 24.3 Å². The molecule has 0 bridgehead atoms. The maximum atomic E-state index is 9.16. The van der Waals surface area contributed by atoms with Crippen LogP contribution in [0.25, 0.3) is 5.69 Å². The highest BCUT2D eigenvalue weighted by molar-refractivity contribution is 14.1. The van der Waals surface area contributed by atoms with E-state index in [2.05, 4.69) is 71.0 Å². The number of aryl methyl sites for hydroxylation is 1. The van der Waals surface area contributed by atoms with E-state index in [-0.39, 0.29) is 6.61 Å². The van der Waals surface area contributed by atoms with Crippen molar-refractivity contribution in [3.8, 4) is 5.69 Å². The summed E-state index contributed by atoms with van der Waals surface area (Å²) in [6.07, 6.45) is 4.97. The SMILES string of the molecule is CC(C)CCCCc1ccc(-n2nnc(CO)c2I)cc1. The Kier molecular flexibility index (Phi) is 6.17. The monoisotopic (exact) mass is 399 g/mol. The fraction of sp³-hybridized carbons (Fsp3) is 0.500. The number of unbranched alkanes of at least 4 members (excludes halogenated alkanes) is 1. The number of aromatic nitrogens is 3. The highest BCUT2D eigenvalue weighted by atomic mass is 127. The van der Waals surface area contributed by atoms with Crippen LogP contribution in [-0.2, 0) is 13.0 Å². The van der Waals surface area contributed by atoms with E-state index in [4.69, 9.17) is 5.11 Å². The van der Waals surface area contributed by atoms with E-state index in [1.54, 1.807) is 4.68 Å². The lowest BCUT2D eigenvalue weighted by molar-refractivity contribution is 0.276. The summed E-state index contributed by atoms with van der Waals surface area (Å²) < 4.78 is 2.62. The Morgan fingerprint density at radius 1 is 1.19 bits per heavy atom. The predicted octanol–water partition coefficient (Wildman–Crippen LogP) is 3.73. The molecule has 0 radical (unpaired) electrons. The summed E-state index contributed by atoms with van der Waals surface area (Å²) in [7, 11) is 0. The fourth-order valence-corrected chi connectivity index (χ4v) is 2.90. The van der Waals surface area contributed by atoms with E-state index >= 15 is 0 Å². The average molecular weight is 399 g/mol. The van der Waals surface area contributed by atoms with Crippen molar-refractivity contribution in [1.82, 2.24) is 15.0 Å². The lowest BCUT2D eigenvalue weighted by Gasteiger charge is -2.06. The van der Waals surface area contributed by atoms with E-state index in [0.717, 1.165) is 21.7 Å². The minimum Gasteiger partial charge on any atom is -0.390 e. The fourth-order valence-electron chi connectivity index (χ4n) is 2.25. The Labute approximate surface area is 139 Å². The van der Waals surface area contributed by atoms with E-state index < -0.39 is 0 Å². The summed E-state index contributed by atoms with van der Waals surface area (Å²) in [6, 6.07) is 8.44. The molecule has 5 heteroatoms. The van der Waals surface area contributed by atoms with Crippen molar-refractivity contribution in [2.24, 2.45) is 5.92 Å². The molecule has 2 rings (SSSR count). The Morgan fingerprint density at radius 3 is 2.48 bits per heavy atom. The first-order valence-electron chi connectivity index (χ1n) is 7.42. The van der Waals surface area contributed by atoms with Gasteiger partial charge in [0.1, 0.15) is 9.39 Å². The molecule has 0 spiro atoms. The van der Waals surface area contributed by atoms with E-state index in [1.807, 2.05) is 0 Å². The Balaban J connectivity index is 1.97. The molecule has 1 aromatic heterocycles. The van der Waals surface area contributed by atoms with E-state index in [1.165, 1.54) is 24.8 Å². The molecule has 0 aliphatic rings. The first-order valence-corrected chi connectivity index (χ1v) is 8.50. The second kappa shape index (κ2) is 7.89. The molecule has 4 nitrogen and oxygen atoms in total. The number of aliphatic hydroxyl groups excluding tert-OH is 1. The van der Waals surface area contributed by atoms with Crippen LogP contribution in [0.5, 0.6) is 0 Å². The van der Waals surface area contributed by atoms with Crippen LogP contribution in [0.1, 0.15) is 44.4 Å². The number of benzene rings is 1. The van der Waals surface area contributed by atoms with Crippen molar-refractivity contribution < 1.29 is 5.11 Å². The normalized spacial score (nSPS) is 11.3. The molecule has 0 aliphatic heterocycles. The minimum atomic E-state index is -0.0772. The zero-order chi connectivity index (χ0) is 15.2. The number of hydrogen-bond acceptors (Lipinski definition) is 3. The van der Waals surface area contributed by atoms with Gasteiger partial charge >= 0.3 is 0 Å². The van der Waals surface area contributed by atoms with Gasteiger partial charge in [0.2, 0.25) is 0 Å². The van der Waals surface area contributed by atoms with Crippen LogP contribution in [-0.4, -0.2) is 20.1 Å². The van der Waals surface area contributed by atoms with Crippen molar-refractivity contribution in [3.63, 3.8) is 0 Å². The van der Waals surface area contributed by atoms with Crippen molar-refractivity contribution in [1.29, 1.82) is 0 Å². The summed E-state index contributed by atoms with van der Waals surface area (Å²) in [4.78, 5) is 0. The first-order chi connectivity index (χ1) is 10.1. The van der Waals surface area contributed by atoms with Crippen LogP contribution in [0.2, 0.25) is 0 Å². The van der Waals surface area contributed by atoms with Gasteiger partial charge in [-0.25, -0.2) is 4.68 Å². The van der Waals surface area contributed by atoms with Gasteiger partial charge in [-0.2, -0.15) is 0 Å². The second-order valence-electron chi connectivity index (χ2n) is 5.70. The van der Waals surface area contributed by atoms with Crippen LogP contribution in [0, 0.1) is 9.62 Å². The topological polar surface area (TPSA) is 50.9 Å². The van der Waals surface area contributed by atoms with Gasteiger partial charge in [0.25, 0.3) is 0 Å². The molecular formula is C16H22IN3O. The highest BCUT2D eigenvalue weighted by Crippen LogP contribution is 2.17. The summed E-state index contributed by atoms with van der Waals surface area (Å²) in [5.41, 5.74) is 2.96. The molecule has 2 aromatic rings. The smallest absolute Gasteiger partial charge is 0.131 e. The molecule has 1 aromatic carbocycles. The summed E-state index contributed by atoms with van der Waals surface area (Å²) >= 11 is 2.16. The van der Waals surface area contributed by atoms with E-state index in [0.29, 0.717) is 5.69 Å². The standard InChI is InChI=1S/C16H22IN3O/c1-12(2)5-3-4-6-13-7-9-14(10-8-13)20-16(17)15(11-21)18-19-20/h7-10,12,21H,3-6,11H2,1-2H3. The second-order valence-corrected chi connectivity index (χ2v) is 6.72. The Bertz CT molecular complexity index is 563. The third-order valence-corrected chi connectivity index (χ3v) is 4.59. The zero-order valence-corrected chi connectivity index (χ0v) is 14.7. The summed E-state index contributed by atoms with van der Waals surface area (Å²) in [5, 5.41) is 17.2. The third kappa shape index (κ3) is 4.51.